The first-order chi connectivity index (χ1) is 8.77. The van der Waals surface area contributed by atoms with Gasteiger partial charge in [-0.3, -0.25) is 0 Å². The number of hydrogen-bond donors (Lipinski definition) is 0. The van der Waals surface area contributed by atoms with Crippen LogP contribution >= 0.6 is 11.6 Å². The zero-order valence-electron chi connectivity index (χ0n) is 12.0. The Morgan fingerprint density at radius 3 is 2.67 bits per heavy atom. The lowest BCUT2D eigenvalue weighted by molar-refractivity contribution is 0.0867. The van der Waals surface area contributed by atoms with Crippen molar-refractivity contribution in [3.05, 3.63) is 0 Å². The summed E-state index contributed by atoms with van der Waals surface area (Å²) in [6.07, 6.45) is 8.62. The van der Waals surface area contributed by atoms with Crippen molar-refractivity contribution in [2.45, 2.75) is 57.2 Å². The van der Waals surface area contributed by atoms with Gasteiger partial charge in [0.1, 0.15) is 0 Å². The van der Waals surface area contributed by atoms with E-state index in [-0.39, 0.29) is 0 Å². The van der Waals surface area contributed by atoms with Crippen molar-refractivity contribution in [2.24, 2.45) is 11.8 Å². The molecular weight excluding hydrogens is 248 g/mol. The number of halogens is 1. The van der Waals surface area contributed by atoms with E-state index in [2.05, 4.69) is 6.92 Å². The Labute approximate surface area is 117 Å². The second-order valence-electron chi connectivity index (χ2n) is 5.49. The number of rotatable bonds is 9. The Balaban J connectivity index is 2.10. The molecule has 1 saturated carbocycles. The van der Waals surface area contributed by atoms with Crippen LogP contribution in [0.1, 0.15) is 51.9 Å². The fourth-order valence-electron chi connectivity index (χ4n) is 2.94. The van der Waals surface area contributed by atoms with E-state index in [4.69, 9.17) is 21.1 Å². The van der Waals surface area contributed by atoms with E-state index in [1.807, 2.05) is 0 Å². The average molecular weight is 277 g/mol. The van der Waals surface area contributed by atoms with Gasteiger partial charge < -0.3 is 9.47 Å². The van der Waals surface area contributed by atoms with Gasteiger partial charge in [0, 0.05) is 32.3 Å². The molecule has 0 bridgehead atoms. The molecule has 3 atom stereocenters. The standard InChI is InChI=1S/C15H29ClO2/c1-3-5-13-6-7-15(16)14(12-13)8-11-18-10-4-9-17-2/h13-15H,3-12H2,1-2H3. The molecule has 0 aromatic carbocycles. The quantitative estimate of drug-likeness (QED) is 0.463. The van der Waals surface area contributed by atoms with Crippen LogP contribution in [0.2, 0.25) is 0 Å². The van der Waals surface area contributed by atoms with Crippen LogP contribution in [0, 0.1) is 11.8 Å². The predicted molar refractivity (Wildman–Crippen MR) is 77.3 cm³/mol. The van der Waals surface area contributed by atoms with Gasteiger partial charge in [0.2, 0.25) is 0 Å². The lowest BCUT2D eigenvalue weighted by Crippen LogP contribution is -2.26. The Morgan fingerprint density at radius 2 is 1.94 bits per heavy atom. The molecule has 18 heavy (non-hydrogen) atoms. The lowest BCUT2D eigenvalue weighted by atomic mass is 9.78. The number of methoxy groups -OCH3 is 1. The smallest absolute Gasteiger partial charge is 0.0487 e. The summed E-state index contributed by atoms with van der Waals surface area (Å²) in [5.41, 5.74) is 0. The van der Waals surface area contributed by atoms with E-state index in [1.165, 1.54) is 32.1 Å². The summed E-state index contributed by atoms with van der Waals surface area (Å²) in [7, 11) is 1.73. The first-order valence-corrected chi connectivity index (χ1v) is 7.92. The van der Waals surface area contributed by atoms with Gasteiger partial charge in [-0.05, 0) is 43.9 Å². The average Bonchev–Trinajstić information content (AvgIpc) is 2.37. The summed E-state index contributed by atoms with van der Waals surface area (Å²) in [5, 5.41) is 0.376. The zero-order chi connectivity index (χ0) is 13.2. The van der Waals surface area contributed by atoms with E-state index in [9.17, 15) is 0 Å². The summed E-state index contributed by atoms with van der Waals surface area (Å²) >= 11 is 6.44. The van der Waals surface area contributed by atoms with Gasteiger partial charge in [-0.25, -0.2) is 0 Å². The summed E-state index contributed by atoms with van der Waals surface area (Å²) in [6, 6.07) is 0. The molecule has 0 amide bonds. The first-order valence-electron chi connectivity index (χ1n) is 7.48. The molecule has 1 aliphatic carbocycles. The molecule has 0 spiro atoms. The number of alkyl halides is 1. The highest BCUT2D eigenvalue weighted by Crippen LogP contribution is 2.36. The number of ether oxygens (including phenoxy) is 2. The maximum absolute atomic E-state index is 6.44. The molecular formula is C15H29ClO2. The van der Waals surface area contributed by atoms with E-state index >= 15 is 0 Å². The van der Waals surface area contributed by atoms with Gasteiger partial charge in [-0.2, -0.15) is 0 Å². The van der Waals surface area contributed by atoms with Gasteiger partial charge >= 0.3 is 0 Å². The molecule has 1 aliphatic rings. The fourth-order valence-corrected chi connectivity index (χ4v) is 3.29. The molecule has 0 saturated heterocycles. The molecule has 0 aliphatic heterocycles. The second-order valence-corrected chi connectivity index (χ2v) is 6.05. The van der Waals surface area contributed by atoms with Gasteiger partial charge in [0.25, 0.3) is 0 Å². The van der Waals surface area contributed by atoms with Crippen LogP contribution in [0.4, 0.5) is 0 Å². The fraction of sp³-hybridized carbons (Fsp3) is 1.00. The van der Waals surface area contributed by atoms with Crippen LogP contribution in [0.5, 0.6) is 0 Å². The van der Waals surface area contributed by atoms with Crippen molar-refractivity contribution in [1.29, 1.82) is 0 Å². The normalized spacial score (nSPS) is 28.5. The van der Waals surface area contributed by atoms with Crippen molar-refractivity contribution in [3.63, 3.8) is 0 Å². The van der Waals surface area contributed by atoms with E-state index in [1.54, 1.807) is 7.11 Å². The molecule has 0 radical (unpaired) electrons. The highest BCUT2D eigenvalue weighted by molar-refractivity contribution is 6.20. The monoisotopic (exact) mass is 276 g/mol. The minimum Gasteiger partial charge on any atom is -0.385 e. The third-order valence-corrected chi connectivity index (χ3v) is 4.54. The summed E-state index contributed by atoms with van der Waals surface area (Å²) < 4.78 is 10.6. The molecule has 0 heterocycles. The molecule has 2 nitrogen and oxygen atoms in total. The molecule has 108 valence electrons. The summed E-state index contributed by atoms with van der Waals surface area (Å²) in [6.45, 7) is 4.74. The molecule has 0 aromatic rings. The van der Waals surface area contributed by atoms with Crippen LogP contribution < -0.4 is 0 Å². The van der Waals surface area contributed by atoms with Crippen molar-refractivity contribution < 1.29 is 9.47 Å². The van der Waals surface area contributed by atoms with Crippen molar-refractivity contribution >= 4 is 11.6 Å². The van der Waals surface area contributed by atoms with Crippen LogP contribution in [0.25, 0.3) is 0 Å². The predicted octanol–water partition coefficient (Wildman–Crippen LogP) is 4.25. The highest BCUT2D eigenvalue weighted by Gasteiger charge is 2.28. The van der Waals surface area contributed by atoms with Gasteiger partial charge in [0.15, 0.2) is 0 Å². The topological polar surface area (TPSA) is 18.5 Å². The summed E-state index contributed by atoms with van der Waals surface area (Å²) in [4.78, 5) is 0. The van der Waals surface area contributed by atoms with Gasteiger partial charge in [-0.15, -0.1) is 11.6 Å². The van der Waals surface area contributed by atoms with E-state index in [0.29, 0.717) is 11.3 Å². The Hall–Kier alpha value is 0.210. The minimum atomic E-state index is 0.376. The zero-order valence-corrected chi connectivity index (χ0v) is 12.8. The molecule has 1 fully saturated rings. The summed E-state index contributed by atoms with van der Waals surface area (Å²) in [5.74, 6) is 1.57. The highest BCUT2D eigenvalue weighted by atomic mass is 35.5. The molecule has 3 unspecified atom stereocenters. The Morgan fingerprint density at radius 1 is 1.11 bits per heavy atom. The third kappa shape index (κ3) is 6.40. The van der Waals surface area contributed by atoms with Crippen LogP contribution in [0.15, 0.2) is 0 Å². The maximum Gasteiger partial charge on any atom is 0.0487 e. The molecule has 0 N–H and O–H groups in total. The van der Waals surface area contributed by atoms with Crippen molar-refractivity contribution in [2.75, 3.05) is 26.9 Å². The molecule has 3 heteroatoms. The van der Waals surface area contributed by atoms with Crippen LogP contribution in [-0.4, -0.2) is 32.3 Å². The lowest BCUT2D eigenvalue weighted by Gasteiger charge is -2.33. The van der Waals surface area contributed by atoms with Gasteiger partial charge in [0.05, 0.1) is 0 Å². The second kappa shape index (κ2) is 10.1. The maximum atomic E-state index is 6.44. The largest absolute Gasteiger partial charge is 0.385 e. The van der Waals surface area contributed by atoms with Crippen molar-refractivity contribution in [1.82, 2.24) is 0 Å². The molecule has 0 aromatic heterocycles. The Kier molecular flexibility index (Phi) is 9.08. The molecule has 1 rings (SSSR count). The van der Waals surface area contributed by atoms with E-state index in [0.717, 1.165) is 38.6 Å². The van der Waals surface area contributed by atoms with Crippen LogP contribution in [0.3, 0.4) is 0 Å². The first kappa shape index (κ1) is 16.3. The minimum absolute atomic E-state index is 0.376. The van der Waals surface area contributed by atoms with Crippen LogP contribution in [-0.2, 0) is 9.47 Å². The van der Waals surface area contributed by atoms with E-state index < -0.39 is 0 Å². The van der Waals surface area contributed by atoms with Crippen molar-refractivity contribution in [3.8, 4) is 0 Å². The Bertz CT molecular complexity index is 199. The SMILES string of the molecule is CCCC1CCC(Cl)C(CCOCCCOC)C1. The van der Waals surface area contributed by atoms with Gasteiger partial charge in [-0.1, -0.05) is 19.8 Å². The third-order valence-electron chi connectivity index (χ3n) is 3.97. The number of hydrogen-bond acceptors (Lipinski definition) is 2.